The summed E-state index contributed by atoms with van der Waals surface area (Å²) in [7, 11) is 1.66. The van der Waals surface area contributed by atoms with Gasteiger partial charge < -0.3 is 9.84 Å². The zero-order chi connectivity index (χ0) is 15.2. The lowest BCUT2D eigenvalue weighted by atomic mass is 9.95. The molecule has 2 aromatic rings. The van der Waals surface area contributed by atoms with Crippen LogP contribution in [0.25, 0.3) is 0 Å². The van der Waals surface area contributed by atoms with Gasteiger partial charge in [-0.05, 0) is 35.1 Å². The molecule has 2 rings (SSSR count). The second-order valence-electron chi connectivity index (χ2n) is 5.51. The first kappa shape index (κ1) is 15.6. The third-order valence-electron chi connectivity index (χ3n) is 4.11. The summed E-state index contributed by atoms with van der Waals surface area (Å²) < 4.78 is 5.34. The third-order valence-corrected chi connectivity index (χ3v) is 4.11. The van der Waals surface area contributed by atoms with E-state index in [1.807, 2.05) is 36.4 Å². The van der Waals surface area contributed by atoms with Gasteiger partial charge >= 0.3 is 0 Å². The van der Waals surface area contributed by atoms with Crippen LogP contribution in [0.2, 0.25) is 0 Å². The lowest BCUT2D eigenvalue weighted by Gasteiger charge is -2.15. The van der Waals surface area contributed by atoms with Gasteiger partial charge in [0.25, 0.3) is 0 Å². The molecule has 0 radical (unpaired) electrons. The van der Waals surface area contributed by atoms with Gasteiger partial charge in [-0.3, -0.25) is 0 Å². The summed E-state index contributed by atoms with van der Waals surface area (Å²) in [5.41, 5.74) is 3.30. The van der Waals surface area contributed by atoms with E-state index in [1.165, 1.54) is 5.56 Å². The first-order valence-corrected chi connectivity index (χ1v) is 7.55. The number of ether oxygens (including phenoxy) is 1. The number of rotatable bonds is 6. The first-order chi connectivity index (χ1) is 10.2. The fourth-order valence-corrected chi connectivity index (χ4v) is 2.48. The van der Waals surface area contributed by atoms with Crippen molar-refractivity contribution in [3.63, 3.8) is 0 Å². The van der Waals surface area contributed by atoms with Crippen molar-refractivity contribution in [2.45, 2.75) is 38.7 Å². The van der Waals surface area contributed by atoms with E-state index in [4.69, 9.17) is 4.74 Å². The molecule has 0 saturated carbocycles. The Morgan fingerprint density at radius 2 is 1.62 bits per heavy atom. The van der Waals surface area contributed by atoms with E-state index in [-0.39, 0.29) is 0 Å². The lowest BCUT2D eigenvalue weighted by molar-refractivity contribution is 0.177. The average molecular weight is 284 g/mol. The molecule has 2 atom stereocenters. The molecule has 0 amide bonds. The minimum atomic E-state index is -0.507. The molecule has 0 fully saturated rings. The number of methoxy groups -OCH3 is 1. The van der Waals surface area contributed by atoms with Crippen LogP contribution >= 0.6 is 0 Å². The topological polar surface area (TPSA) is 29.5 Å². The van der Waals surface area contributed by atoms with E-state index in [1.54, 1.807) is 7.11 Å². The van der Waals surface area contributed by atoms with Crippen LogP contribution in [0.4, 0.5) is 0 Å². The highest BCUT2D eigenvalue weighted by molar-refractivity contribution is 5.35. The van der Waals surface area contributed by atoms with Crippen LogP contribution in [-0.2, 0) is 6.42 Å². The number of hydrogen-bond acceptors (Lipinski definition) is 2. The number of benzene rings is 2. The Labute approximate surface area is 127 Å². The van der Waals surface area contributed by atoms with Crippen LogP contribution in [0.3, 0.4) is 0 Å². The predicted molar refractivity (Wildman–Crippen MR) is 86.8 cm³/mol. The highest BCUT2D eigenvalue weighted by atomic mass is 16.5. The van der Waals surface area contributed by atoms with Gasteiger partial charge in [-0.2, -0.15) is 0 Å². The molecule has 1 N–H and O–H groups in total. The highest BCUT2D eigenvalue weighted by Crippen LogP contribution is 2.26. The molecular weight excluding hydrogens is 260 g/mol. The van der Waals surface area contributed by atoms with Gasteiger partial charge in [-0.15, -0.1) is 0 Å². The minimum Gasteiger partial charge on any atom is -0.496 e. The second-order valence-corrected chi connectivity index (χ2v) is 5.51. The lowest BCUT2D eigenvalue weighted by Crippen LogP contribution is -2.04. The second kappa shape index (κ2) is 7.28. The van der Waals surface area contributed by atoms with E-state index in [2.05, 4.69) is 26.0 Å². The molecule has 21 heavy (non-hydrogen) atoms. The molecule has 0 heterocycles. The van der Waals surface area contributed by atoms with E-state index < -0.39 is 6.10 Å². The van der Waals surface area contributed by atoms with Crippen molar-refractivity contribution in [1.29, 1.82) is 0 Å². The van der Waals surface area contributed by atoms with E-state index in [9.17, 15) is 5.11 Å². The van der Waals surface area contributed by atoms with Crippen molar-refractivity contribution >= 4 is 0 Å². The first-order valence-electron chi connectivity index (χ1n) is 7.55. The summed E-state index contributed by atoms with van der Waals surface area (Å²) in [6, 6.07) is 16.1. The molecule has 0 aliphatic heterocycles. The Bertz CT molecular complexity index is 560. The molecule has 112 valence electrons. The SMILES string of the molecule is CCC(C)c1ccc(C(O)Cc2ccccc2OC)cc1. The Hall–Kier alpha value is -1.80. The number of aliphatic hydroxyl groups is 1. The van der Waals surface area contributed by atoms with Crippen LogP contribution in [-0.4, -0.2) is 12.2 Å². The number of aliphatic hydroxyl groups excluding tert-OH is 1. The molecule has 2 heteroatoms. The van der Waals surface area contributed by atoms with Crippen molar-refractivity contribution in [3.8, 4) is 5.75 Å². The molecule has 0 aliphatic rings. The molecule has 2 unspecified atom stereocenters. The Morgan fingerprint density at radius 1 is 1.00 bits per heavy atom. The number of para-hydroxylation sites is 1. The van der Waals surface area contributed by atoms with Gasteiger partial charge in [0.1, 0.15) is 5.75 Å². The smallest absolute Gasteiger partial charge is 0.122 e. The van der Waals surface area contributed by atoms with Crippen molar-refractivity contribution in [3.05, 3.63) is 65.2 Å². The maximum absolute atomic E-state index is 10.4. The van der Waals surface area contributed by atoms with E-state index >= 15 is 0 Å². The third kappa shape index (κ3) is 3.85. The zero-order valence-corrected chi connectivity index (χ0v) is 13.0. The van der Waals surface area contributed by atoms with E-state index in [0.29, 0.717) is 12.3 Å². The summed E-state index contributed by atoms with van der Waals surface area (Å²) in [5, 5.41) is 10.4. The summed E-state index contributed by atoms with van der Waals surface area (Å²) in [5.74, 6) is 1.39. The summed E-state index contributed by atoms with van der Waals surface area (Å²) in [6.07, 6.45) is 1.18. The molecule has 0 bridgehead atoms. The van der Waals surface area contributed by atoms with Crippen LogP contribution < -0.4 is 4.74 Å². The molecule has 2 nitrogen and oxygen atoms in total. The predicted octanol–water partition coefficient (Wildman–Crippen LogP) is 4.48. The summed E-state index contributed by atoms with van der Waals surface area (Å²) in [4.78, 5) is 0. The fourth-order valence-electron chi connectivity index (χ4n) is 2.48. The fraction of sp³-hybridized carbons (Fsp3) is 0.368. The maximum Gasteiger partial charge on any atom is 0.122 e. The Morgan fingerprint density at radius 3 is 2.24 bits per heavy atom. The Balaban J connectivity index is 2.11. The molecule has 2 aromatic carbocycles. The highest BCUT2D eigenvalue weighted by Gasteiger charge is 2.12. The average Bonchev–Trinajstić information content (AvgIpc) is 2.54. The summed E-state index contributed by atoms with van der Waals surface area (Å²) >= 11 is 0. The molecule has 0 aliphatic carbocycles. The maximum atomic E-state index is 10.4. The largest absolute Gasteiger partial charge is 0.496 e. The van der Waals surface area contributed by atoms with Crippen LogP contribution in [0, 0.1) is 0 Å². The zero-order valence-electron chi connectivity index (χ0n) is 13.0. The van der Waals surface area contributed by atoms with Crippen LogP contribution in [0.5, 0.6) is 5.75 Å². The van der Waals surface area contributed by atoms with Gasteiger partial charge in [-0.25, -0.2) is 0 Å². The molecular formula is C19H24O2. The van der Waals surface area contributed by atoms with E-state index in [0.717, 1.165) is 23.3 Å². The van der Waals surface area contributed by atoms with Gasteiger partial charge in [0, 0.05) is 6.42 Å². The number of hydrogen-bond donors (Lipinski definition) is 1. The van der Waals surface area contributed by atoms with Crippen molar-refractivity contribution in [2.24, 2.45) is 0 Å². The van der Waals surface area contributed by atoms with Gasteiger partial charge in [-0.1, -0.05) is 56.3 Å². The van der Waals surface area contributed by atoms with Crippen LogP contribution in [0.15, 0.2) is 48.5 Å². The monoisotopic (exact) mass is 284 g/mol. The van der Waals surface area contributed by atoms with Crippen molar-refractivity contribution < 1.29 is 9.84 Å². The van der Waals surface area contributed by atoms with Crippen molar-refractivity contribution in [2.75, 3.05) is 7.11 Å². The van der Waals surface area contributed by atoms with Gasteiger partial charge in [0.2, 0.25) is 0 Å². The molecule has 0 spiro atoms. The van der Waals surface area contributed by atoms with Crippen molar-refractivity contribution in [1.82, 2.24) is 0 Å². The standard InChI is InChI=1S/C19H24O2/c1-4-14(2)15-9-11-16(12-10-15)18(20)13-17-7-5-6-8-19(17)21-3/h5-12,14,18,20H,4,13H2,1-3H3. The van der Waals surface area contributed by atoms with Crippen LogP contribution in [0.1, 0.15) is 49.0 Å². The molecule has 0 saturated heterocycles. The van der Waals surface area contributed by atoms with Gasteiger partial charge in [0.05, 0.1) is 13.2 Å². The van der Waals surface area contributed by atoms with Gasteiger partial charge in [0.15, 0.2) is 0 Å². The molecule has 0 aromatic heterocycles. The Kier molecular flexibility index (Phi) is 5.40. The normalized spacial score (nSPS) is 13.7. The summed E-state index contributed by atoms with van der Waals surface area (Å²) in [6.45, 7) is 4.41. The quantitative estimate of drug-likeness (QED) is 0.847. The minimum absolute atomic E-state index is 0.507.